The minimum Gasteiger partial charge on any atom is -0.394 e. The van der Waals surface area contributed by atoms with Gasteiger partial charge in [0.15, 0.2) is 0 Å². The van der Waals surface area contributed by atoms with Crippen LogP contribution in [0.3, 0.4) is 0 Å². The van der Waals surface area contributed by atoms with E-state index < -0.39 is 11.0 Å². The quantitative estimate of drug-likeness (QED) is 0.563. The molecule has 0 atom stereocenters. The molecule has 0 aromatic heterocycles. The number of nitrogens with zero attached hydrogens (tertiary/aromatic N) is 1. The van der Waals surface area contributed by atoms with Gasteiger partial charge in [-0.1, -0.05) is 23.2 Å². The normalized spacial score (nSPS) is 10.6. The minimum absolute atomic E-state index is 0.0519. The molecule has 0 amide bonds. The Hall–Kier alpha value is -1.08. The number of anilines is 1. The van der Waals surface area contributed by atoms with Crippen molar-refractivity contribution in [2.45, 2.75) is 6.04 Å². The molecule has 1 rings (SSSR count). The molecule has 0 aliphatic carbocycles. The fourth-order valence-corrected chi connectivity index (χ4v) is 1.74. The van der Waals surface area contributed by atoms with Crippen molar-refractivity contribution < 1.29 is 15.1 Å². The zero-order valence-corrected chi connectivity index (χ0v) is 10.1. The van der Waals surface area contributed by atoms with Gasteiger partial charge in [0.1, 0.15) is 0 Å². The molecule has 3 N–H and O–H groups in total. The molecule has 0 saturated carbocycles. The number of nitro groups is 1. The Morgan fingerprint density at radius 2 is 1.76 bits per heavy atom. The predicted octanol–water partition coefficient (Wildman–Crippen LogP) is 1.67. The van der Waals surface area contributed by atoms with E-state index in [0.717, 1.165) is 12.1 Å². The van der Waals surface area contributed by atoms with Crippen LogP contribution in [0.2, 0.25) is 10.0 Å². The molecule has 8 heteroatoms. The highest BCUT2D eigenvalue weighted by Crippen LogP contribution is 2.34. The SMILES string of the molecule is O=[N+]([O-])c1cc(Cl)c(NC(CO)CO)c(Cl)c1. The number of aliphatic hydroxyl groups is 2. The lowest BCUT2D eigenvalue weighted by Gasteiger charge is -2.16. The summed E-state index contributed by atoms with van der Waals surface area (Å²) >= 11 is 11.6. The molecule has 0 radical (unpaired) electrons. The molecule has 0 fully saturated rings. The number of hydrogen-bond donors (Lipinski definition) is 3. The number of aliphatic hydroxyl groups excluding tert-OH is 2. The van der Waals surface area contributed by atoms with Crippen molar-refractivity contribution in [3.63, 3.8) is 0 Å². The molecule has 17 heavy (non-hydrogen) atoms. The maximum Gasteiger partial charge on any atom is 0.272 e. The Morgan fingerprint density at radius 1 is 1.29 bits per heavy atom. The molecular weight excluding hydrogens is 271 g/mol. The topological polar surface area (TPSA) is 95.6 Å². The molecular formula is C9H10Cl2N2O4. The lowest BCUT2D eigenvalue weighted by atomic mass is 10.2. The second kappa shape index (κ2) is 6.02. The maximum atomic E-state index is 10.5. The Morgan fingerprint density at radius 3 is 2.12 bits per heavy atom. The molecule has 1 aromatic rings. The van der Waals surface area contributed by atoms with E-state index in [1.807, 2.05) is 0 Å². The lowest BCUT2D eigenvalue weighted by molar-refractivity contribution is -0.384. The number of halogens is 2. The van der Waals surface area contributed by atoms with Gasteiger partial charge in [0.05, 0.1) is 39.9 Å². The summed E-state index contributed by atoms with van der Waals surface area (Å²) in [6.45, 7) is -0.639. The zero-order valence-electron chi connectivity index (χ0n) is 8.56. The summed E-state index contributed by atoms with van der Waals surface area (Å²) in [6.07, 6.45) is 0. The summed E-state index contributed by atoms with van der Waals surface area (Å²) in [4.78, 5) is 9.93. The Kier molecular flexibility index (Phi) is 4.95. The summed E-state index contributed by atoms with van der Waals surface area (Å²) in [5.74, 6) is 0. The second-order valence-corrected chi connectivity index (χ2v) is 4.06. The summed E-state index contributed by atoms with van der Waals surface area (Å²) in [7, 11) is 0. The van der Waals surface area contributed by atoms with Crippen molar-refractivity contribution in [1.29, 1.82) is 0 Å². The van der Waals surface area contributed by atoms with Crippen LogP contribution in [0.5, 0.6) is 0 Å². The van der Waals surface area contributed by atoms with Gasteiger partial charge in [-0.05, 0) is 0 Å². The second-order valence-electron chi connectivity index (χ2n) is 3.25. The predicted molar refractivity (Wildman–Crippen MR) is 64.7 cm³/mol. The number of nitro benzene ring substituents is 1. The van der Waals surface area contributed by atoms with Crippen LogP contribution < -0.4 is 5.32 Å². The fraction of sp³-hybridized carbons (Fsp3) is 0.333. The highest BCUT2D eigenvalue weighted by Gasteiger charge is 2.16. The number of non-ortho nitro benzene ring substituents is 1. The molecule has 6 nitrogen and oxygen atoms in total. The molecule has 0 spiro atoms. The van der Waals surface area contributed by atoms with Gasteiger partial charge in [-0.2, -0.15) is 0 Å². The van der Waals surface area contributed by atoms with Crippen LogP contribution in [0.4, 0.5) is 11.4 Å². The molecule has 1 aromatic carbocycles. The van der Waals surface area contributed by atoms with Crippen LogP contribution in [0.25, 0.3) is 0 Å². The van der Waals surface area contributed by atoms with E-state index in [1.54, 1.807) is 0 Å². The number of benzene rings is 1. The van der Waals surface area contributed by atoms with Crippen molar-refractivity contribution in [2.24, 2.45) is 0 Å². The van der Waals surface area contributed by atoms with Gasteiger partial charge in [0, 0.05) is 12.1 Å². The molecule has 0 aliphatic heterocycles. The maximum absolute atomic E-state index is 10.5. The van der Waals surface area contributed by atoms with E-state index >= 15 is 0 Å². The van der Waals surface area contributed by atoms with E-state index in [-0.39, 0.29) is 34.6 Å². The van der Waals surface area contributed by atoms with Crippen molar-refractivity contribution in [3.05, 3.63) is 32.3 Å². The first-order chi connectivity index (χ1) is 7.99. The molecule has 0 saturated heterocycles. The highest BCUT2D eigenvalue weighted by atomic mass is 35.5. The van der Waals surface area contributed by atoms with Crippen molar-refractivity contribution in [2.75, 3.05) is 18.5 Å². The van der Waals surface area contributed by atoms with Crippen LogP contribution in [0, 0.1) is 10.1 Å². The first-order valence-electron chi connectivity index (χ1n) is 4.61. The van der Waals surface area contributed by atoms with Crippen LogP contribution in [0.1, 0.15) is 0 Å². The summed E-state index contributed by atoms with van der Waals surface area (Å²) in [5, 5.41) is 31.1. The highest BCUT2D eigenvalue weighted by molar-refractivity contribution is 6.39. The van der Waals surface area contributed by atoms with Crippen LogP contribution in [-0.4, -0.2) is 34.4 Å². The zero-order chi connectivity index (χ0) is 13.0. The number of rotatable bonds is 5. The molecule has 0 unspecified atom stereocenters. The van der Waals surface area contributed by atoms with E-state index in [1.165, 1.54) is 0 Å². The van der Waals surface area contributed by atoms with Crippen molar-refractivity contribution in [1.82, 2.24) is 0 Å². The third kappa shape index (κ3) is 3.44. The monoisotopic (exact) mass is 280 g/mol. The van der Waals surface area contributed by atoms with Gasteiger partial charge in [-0.25, -0.2) is 0 Å². The van der Waals surface area contributed by atoms with Gasteiger partial charge in [0.2, 0.25) is 0 Å². The van der Waals surface area contributed by atoms with E-state index in [4.69, 9.17) is 33.4 Å². The molecule has 0 aliphatic rings. The first kappa shape index (κ1) is 14.0. The molecule has 94 valence electrons. The van der Waals surface area contributed by atoms with E-state index in [9.17, 15) is 10.1 Å². The number of hydrogen-bond acceptors (Lipinski definition) is 5. The van der Waals surface area contributed by atoms with Gasteiger partial charge in [-0.15, -0.1) is 0 Å². The van der Waals surface area contributed by atoms with Crippen molar-refractivity contribution >= 4 is 34.6 Å². The lowest BCUT2D eigenvalue weighted by Crippen LogP contribution is -2.27. The largest absolute Gasteiger partial charge is 0.394 e. The van der Waals surface area contributed by atoms with Crippen molar-refractivity contribution in [3.8, 4) is 0 Å². The average Bonchev–Trinajstić information content (AvgIpc) is 2.28. The van der Waals surface area contributed by atoms with Crippen LogP contribution >= 0.6 is 23.2 Å². The van der Waals surface area contributed by atoms with Gasteiger partial charge in [0.25, 0.3) is 5.69 Å². The first-order valence-corrected chi connectivity index (χ1v) is 5.36. The van der Waals surface area contributed by atoms with Crippen LogP contribution in [0.15, 0.2) is 12.1 Å². The Labute approximate surface area is 107 Å². The molecule has 0 bridgehead atoms. The Bertz CT molecular complexity index is 400. The summed E-state index contributed by atoms with van der Waals surface area (Å²) < 4.78 is 0. The van der Waals surface area contributed by atoms with E-state index in [2.05, 4.69) is 5.32 Å². The van der Waals surface area contributed by atoms with Crippen LogP contribution in [-0.2, 0) is 0 Å². The average molecular weight is 281 g/mol. The van der Waals surface area contributed by atoms with Gasteiger partial charge >= 0.3 is 0 Å². The fourth-order valence-electron chi connectivity index (χ4n) is 1.16. The third-order valence-corrected chi connectivity index (χ3v) is 2.62. The third-order valence-electron chi connectivity index (χ3n) is 2.03. The summed E-state index contributed by atoms with van der Waals surface area (Å²) in [6, 6.07) is 1.65. The number of nitrogens with one attached hydrogen (secondary N) is 1. The van der Waals surface area contributed by atoms with E-state index in [0.29, 0.717) is 0 Å². The van der Waals surface area contributed by atoms with Gasteiger partial charge in [-0.3, -0.25) is 10.1 Å². The smallest absolute Gasteiger partial charge is 0.272 e. The summed E-state index contributed by atoms with van der Waals surface area (Å²) in [5.41, 5.74) is 0.0159. The standard InChI is InChI=1S/C9H10Cl2N2O4/c10-7-1-6(13(16)17)2-8(11)9(7)12-5(3-14)4-15/h1-2,5,12,14-15H,3-4H2. The minimum atomic E-state index is -0.633. The Balaban J connectivity index is 3.05. The van der Waals surface area contributed by atoms with Gasteiger partial charge < -0.3 is 15.5 Å². The molecule has 0 heterocycles.